The van der Waals surface area contributed by atoms with Gasteiger partial charge in [-0.05, 0) is 49.1 Å². The molecule has 0 saturated carbocycles. The number of rotatable bonds is 11. The maximum Gasteiger partial charge on any atom is 0.305 e. The van der Waals surface area contributed by atoms with Gasteiger partial charge in [-0.1, -0.05) is 45.0 Å². The highest BCUT2D eigenvalue weighted by Crippen LogP contribution is 2.31. The van der Waals surface area contributed by atoms with Crippen molar-refractivity contribution in [2.24, 2.45) is 5.41 Å². The van der Waals surface area contributed by atoms with E-state index < -0.39 is 34.8 Å². The van der Waals surface area contributed by atoms with E-state index in [0.717, 1.165) is 4.68 Å². The molecule has 0 aliphatic heterocycles. The van der Waals surface area contributed by atoms with E-state index in [1.54, 1.807) is 37.3 Å². The number of benzene rings is 2. The minimum atomic E-state index is -1.25. The third-order valence-corrected chi connectivity index (χ3v) is 6.36. The highest BCUT2D eigenvalue weighted by molar-refractivity contribution is 5.93. The van der Waals surface area contributed by atoms with Gasteiger partial charge in [0.1, 0.15) is 29.5 Å². The summed E-state index contributed by atoms with van der Waals surface area (Å²) in [6, 6.07) is 13.1. The van der Waals surface area contributed by atoms with Gasteiger partial charge in [-0.25, -0.2) is 4.39 Å². The third-order valence-electron chi connectivity index (χ3n) is 6.36. The number of carbonyl (C=O) groups excluding carboxylic acids is 1. The summed E-state index contributed by atoms with van der Waals surface area (Å²) in [5, 5.41) is 27.3. The van der Waals surface area contributed by atoms with Gasteiger partial charge >= 0.3 is 5.97 Å². The highest BCUT2D eigenvalue weighted by atomic mass is 19.1. The maximum atomic E-state index is 14.7. The number of amides is 1. The van der Waals surface area contributed by atoms with Crippen LogP contribution in [0.25, 0.3) is 5.69 Å². The lowest BCUT2D eigenvalue weighted by molar-refractivity contribution is -0.137. The molecule has 204 valence electrons. The standard InChI is InChI=1S/C28H34FN3O6/c1-6-37-19-11-9-10-18(14-19)21(16-25(33)34)30-26(35)22-15-24(38-17-28(5,36)27(2,3)4)32(31-22)23-13-8-7-12-20(23)29/h7-15,21,36H,6,16-17H2,1-5H3,(H,30,35)(H,33,34)/t21-,28+/m0/s1. The molecule has 3 rings (SSSR count). The Hall–Kier alpha value is -3.92. The van der Waals surface area contributed by atoms with Crippen molar-refractivity contribution in [2.45, 2.75) is 52.7 Å². The molecule has 1 heterocycles. The zero-order chi connectivity index (χ0) is 28.1. The van der Waals surface area contributed by atoms with Gasteiger partial charge in [-0.15, -0.1) is 0 Å². The maximum absolute atomic E-state index is 14.7. The molecular weight excluding hydrogens is 493 g/mol. The lowest BCUT2D eigenvalue weighted by atomic mass is 9.78. The minimum Gasteiger partial charge on any atom is -0.494 e. The quantitative estimate of drug-likeness (QED) is 0.335. The Labute approximate surface area is 221 Å². The lowest BCUT2D eigenvalue weighted by Crippen LogP contribution is -2.45. The number of carbonyl (C=O) groups is 2. The molecule has 0 bridgehead atoms. The Morgan fingerprint density at radius 2 is 1.79 bits per heavy atom. The van der Waals surface area contributed by atoms with Crippen LogP contribution in [0, 0.1) is 11.2 Å². The molecule has 9 nitrogen and oxygen atoms in total. The highest BCUT2D eigenvalue weighted by Gasteiger charge is 2.36. The predicted molar refractivity (Wildman–Crippen MR) is 139 cm³/mol. The number of nitrogens with one attached hydrogen (secondary N) is 1. The molecule has 3 aromatic rings. The Morgan fingerprint density at radius 1 is 1.08 bits per heavy atom. The number of carboxylic acids is 1. The first-order valence-electron chi connectivity index (χ1n) is 12.3. The van der Waals surface area contributed by atoms with E-state index in [9.17, 15) is 24.2 Å². The van der Waals surface area contributed by atoms with E-state index in [4.69, 9.17) is 9.47 Å². The van der Waals surface area contributed by atoms with Crippen LogP contribution in [0.5, 0.6) is 11.6 Å². The van der Waals surface area contributed by atoms with Crippen molar-refractivity contribution in [1.82, 2.24) is 15.1 Å². The molecule has 0 fully saturated rings. The van der Waals surface area contributed by atoms with Crippen LogP contribution < -0.4 is 14.8 Å². The van der Waals surface area contributed by atoms with Crippen molar-refractivity contribution in [2.75, 3.05) is 13.2 Å². The van der Waals surface area contributed by atoms with Crippen LogP contribution >= 0.6 is 0 Å². The summed E-state index contributed by atoms with van der Waals surface area (Å²) in [5.74, 6) is -1.80. The van der Waals surface area contributed by atoms with E-state index in [1.807, 2.05) is 27.7 Å². The molecule has 1 amide bonds. The van der Waals surface area contributed by atoms with Gasteiger partial charge in [0, 0.05) is 6.07 Å². The first-order chi connectivity index (χ1) is 17.8. The summed E-state index contributed by atoms with van der Waals surface area (Å²) >= 11 is 0. The number of nitrogens with zero attached hydrogens (tertiary/aromatic N) is 2. The van der Waals surface area contributed by atoms with Crippen LogP contribution in [0.3, 0.4) is 0 Å². The normalized spacial score (nSPS) is 13.9. The Bertz CT molecular complexity index is 1280. The summed E-state index contributed by atoms with van der Waals surface area (Å²) in [7, 11) is 0. The Kier molecular flexibility index (Phi) is 8.78. The fraction of sp³-hybridized carbons (Fsp3) is 0.393. The molecule has 0 spiro atoms. The molecule has 1 aromatic heterocycles. The monoisotopic (exact) mass is 527 g/mol. The zero-order valence-corrected chi connectivity index (χ0v) is 22.2. The molecule has 0 radical (unpaired) electrons. The van der Waals surface area contributed by atoms with E-state index in [2.05, 4.69) is 10.4 Å². The SMILES string of the molecule is CCOc1cccc([C@H](CC(=O)O)NC(=O)c2cc(OC[C@@](C)(O)C(C)(C)C)n(-c3ccccc3F)n2)c1. The lowest BCUT2D eigenvalue weighted by Gasteiger charge is -2.36. The van der Waals surface area contributed by atoms with Gasteiger partial charge < -0.3 is 25.0 Å². The number of aromatic nitrogens is 2. The number of hydrogen-bond acceptors (Lipinski definition) is 6. The summed E-state index contributed by atoms with van der Waals surface area (Å²) in [4.78, 5) is 24.8. The number of aliphatic hydroxyl groups is 1. The van der Waals surface area contributed by atoms with E-state index in [-0.39, 0.29) is 30.3 Å². The van der Waals surface area contributed by atoms with E-state index in [0.29, 0.717) is 17.9 Å². The number of aliphatic carboxylic acids is 1. The minimum absolute atomic E-state index is 0.0397. The number of hydrogen-bond donors (Lipinski definition) is 3. The van der Waals surface area contributed by atoms with Crippen LogP contribution in [0.1, 0.15) is 63.1 Å². The average molecular weight is 528 g/mol. The number of ether oxygens (including phenoxy) is 2. The van der Waals surface area contributed by atoms with Crippen LogP contribution in [0.15, 0.2) is 54.6 Å². The Morgan fingerprint density at radius 3 is 2.42 bits per heavy atom. The fourth-order valence-corrected chi connectivity index (χ4v) is 3.45. The van der Waals surface area contributed by atoms with E-state index >= 15 is 0 Å². The van der Waals surface area contributed by atoms with Crippen molar-refractivity contribution in [3.8, 4) is 17.3 Å². The van der Waals surface area contributed by atoms with Crippen LogP contribution in [-0.2, 0) is 4.79 Å². The number of carboxylic acid groups (broad SMARTS) is 1. The Balaban J connectivity index is 1.95. The molecule has 0 unspecified atom stereocenters. The largest absolute Gasteiger partial charge is 0.494 e. The molecule has 38 heavy (non-hydrogen) atoms. The molecule has 0 saturated heterocycles. The molecule has 0 aliphatic rings. The molecule has 2 aromatic carbocycles. The second-order valence-corrected chi connectivity index (χ2v) is 10.2. The average Bonchev–Trinajstić information content (AvgIpc) is 3.26. The van der Waals surface area contributed by atoms with Gasteiger partial charge in [0.05, 0.1) is 19.1 Å². The van der Waals surface area contributed by atoms with Gasteiger partial charge in [-0.3, -0.25) is 9.59 Å². The first-order valence-corrected chi connectivity index (χ1v) is 12.3. The van der Waals surface area contributed by atoms with Gasteiger partial charge in [0.15, 0.2) is 5.69 Å². The summed E-state index contributed by atoms with van der Waals surface area (Å²) < 4.78 is 27.2. The van der Waals surface area contributed by atoms with Crippen LogP contribution in [0.2, 0.25) is 0 Å². The first kappa shape index (κ1) is 28.6. The molecule has 0 aliphatic carbocycles. The van der Waals surface area contributed by atoms with Crippen molar-refractivity contribution in [3.05, 3.63) is 71.7 Å². The van der Waals surface area contributed by atoms with Crippen molar-refractivity contribution in [3.63, 3.8) is 0 Å². The fourth-order valence-electron chi connectivity index (χ4n) is 3.45. The van der Waals surface area contributed by atoms with Crippen molar-refractivity contribution >= 4 is 11.9 Å². The molecule has 3 N–H and O–H groups in total. The zero-order valence-electron chi connectivity index (χ0n) is 22.2. The van der Waals surface area contributed by atoms with Gasteiger partial charge in [0.25, 0.3) is 5.91 Å². The van der Waals surface area contributed by atoms with Gasteiger partial charge in [0.2, 0.25) is 5.88 Å². The summed E-state index contributed by atoms with van der Waals surface area (Å²) in [5.41, 5.74) is -1.31. The van der Waals surface area contributed by atoms with Crippen molar-refractivity contribution in [1.29, 1.82) is 0 Å². The summed E-state index contributed by atoms with van der Waals surface area (Å²) in [6.45, 7) is 9.29. The number of para-hydroxylation sites is 1. The third kappa shape index (κ3) is 6.89. The predicted octanol–water partition coefficient (Wildman–Crippen LogP) is 4.53. The molecular formula is C28H34FN3O6. The van der Waals surface area contributed by atoms with Crippen LogP contribution in [-0.4, -0.2) is 50.7 Å². The molecule has 2 atom stereocenters. The number of halogens is 1. The molecule has 10 heteroatoms. The summed E-state index contributed by atoms with van der Waals surface area (Å²) in [6.07, 6.45) is -0.382. The second-order valence-electron chi connectivity index (χ2n) is 10.2. The second kappa shape index (κ2) is 11.6. The topological polar surface area (TPSA) is 123 Å². The smallest absolute Gasteiger partial charge is 0.305 e. The van der Waals surface area contributed by atoms with Gasteiger partial charge in [-0.2, -0.15) is 9.78 Å². The van der Waals surface area contributed by atoms with Crippen LogP contribution in [0.4, 0.5) is 4.39 Å². The van der Waals surface area contributed by atoms with E-state index in [1.165, 1.54) is 24.3 Å². The van der Waals surface area contributed by atoms with Crippen molar-refractivity contribution < 1.29 is 33.7 Å².